The number of carbonyl (C=O) groups is 1. The van der Waals surface area contributed by atoms with Gasteiger partial charge < -0.3 is 15.1 Å². The van der Waals surface area contributed by atoms with Crippen LogP contribution in [-0.2, 0) is 6.42 Å². The molecule has 1 aromatic carbocycles. The van der Waals surface area contributed by atoms with Gasteiger partial charge in [-0.05, 0) is 65.8 Å². The van der Waals surface area contributed by atoms with Gasteiger partial charge in [0.25, 0.3) is 0 Å². The highest BCUT2D eigenvalue weighted by Gasteiger charge is 2.19. The number of benzene rings is 1. The quantitative estimate of drug-likeness (QED) is 0.813. The molecule has 0 radical (unpaired) electrons. The summed E-state index contributed by atoms with van der Waals surface area (Å²) in [4.78, 5) is 15.8. The summed E-state index contributed by atoms with van der Waals surface area (Å²) < 4.78 is 5.92. The Hall–Kier alpha value is -2.01. The number of urea groups is 1. The molecule has 138 valence electrons. The third-order valence-corrected chi connectivity index (χ3v) is 5.07. The minimum absolute atomic E-state index is 0.00272. The molecular formula is C20H31N3O2. The molecule has 0 aliphatic heterocycles. The fourth-order valence-electron chi connectivity index (χ4n) is 3.22. The van der Waals surface area contributed by atoms with E-state index in [1.165, 1.54) is 5.56 Å². The average Bonchev–Trinajstić information content (AvgIpc) is 2.86. The fourth-order valence-corrected chi connectivity index (χ4v) is 3.22. The first-order valence-electron chi connectivity index (χ1n) is 9.07. The molecule has 0 aliphatic rings. The number of hydrogen-bond donors (Lipinski definition) is 1. The number of primary amides is 1. The van der Waals surface area contributed by atoms with Gasteiger partial charge in [-0.1, -0.05) is 6.92 Å². The van der Waals surface area contributed by atoms with Crippen LogP contribution < -0.4 is 10.6 Å². The molecule has 1 heterocycles. The van der Waals surface area contributed by atoms with Crippen LogP contribution in [0.15, 0.2) is 22.6 Å². The molecule has 1 aromatic heterocycles. The number of amides is 2. The van der Waals surface area contributed by atoms with E-state index in [1.807, 2.05) is 39.0 Å². The number of anilines is 1. The van der Waals surface area contributed by atoms with Crippen molar-refractivity contribution in [2.24, 2.45) is 5.73 Å². The van der Waals surface area contributed by atoms with Crippen molar-refractivity contribution < 1.29 is 9.21 Å². The molecule has 2 rings (SSSR count). The van der Waals surface area contributed by atoms with Crippen molar-refractivity contribution in [2.75, 3.05) is 18.5 Å². The Bertz CT molecular complexity index is 736. The number of rotatable bonds is 7. The Morgan fingerprint density at radius 1 is 1.28 bits per heavy atom. The lowest BCUT2D eigenvalue weighted by Gasteiger charge is -2.25. The van der Waals surface area contributed by atoms with Gasteiger partial charge >= 0.3 is 6.03 Å². The Morgan fingerprint density at radius 2 is 1.96 bits per heavy atom. The van der Waals surface area contributed by atoms with E-state index in [0.717, 1.165) is 41.8 Å². The van der Waals surface area contributed by atoms with Crippen LogP contribution in [0.1, 0.15) is 45.4 Å². The van der Waals surface area contributed by atoms with E-state index < -0.39 is 6.03 Å². The lowest BCUT2D eigenvalue weighted by atomic mass is 10.1. The highest BCUT2D eigenvalue weighted by Crippen LogP contribution is 2.30. The van der Waals surface area contributed by atoms with Crippen LogP contribution in [0.2, 0.25) is 0 Å². The van der Waals surface area contributed by atoms with Crippen molar-refractivity contribution >= 4 is 22.7 Å². The molecule has 5 heteroatoms. The topological polar surface area (TPSA) is 62.7 Å². The molecule has 0 saturated heterocycles. The molecule has 1 unspecified atom stereocenters. The highest BCUT2D eigenvalue weighted by molar-refractivity contribution is 5.95. The molecule has 0 spiro atoms. The van der Waals surface area contributed by atoms with Gasteiger partial charge in [-0.15, -0.1) is 0 Å². The molecule has 2 aromatic rings. The normalized spacial score (nSPS) is 13.0. The number of likely N-dealkylation sites (N-methyl/N-ethyl adjacent to an activating group) is 1. The Kier molecular flexibility index (Phi) is 6.11. The second kappa shape index (κ2) is 7.91. The summed E-state index contributed by atoms with van der Waals surface area (Å²) in [6, 6.07) is 5.97. The summed E-state index contributed by atoms with van der Waals surface area (Å²) in [5, 5.41) is 1.07. The molecule has 0 saturated carbocycles. The molecule has 0 bridgehead atoms. The predicted molar refractivity (Wildman–Crippen MR) is 104 cm³/mol. The van der Waals surface area contributed by atoms with Crippen LogP contribution in [0, 0.1) is 6.92 Å². The van der Waals surface area contributed by atoms with Gasteiger partial charge in [-0.2, -0.15) is 0 Å². The second-order valence-corrected chi connectivity index (χ2v) is 7.11. The average molecular weight is 345 g/mol. The summed E-state index contributed by atoms with van der Waals surface area (Å²) in [5.41, 5.74) is 8.44. The van der Waals surface area contributed by atoms with Gasteiger partial charge in [0.05, 0.1) is 0 Å². The molecular weight excluding hydrogens is 314 g/mol. The lowest BCUT2D eigenvalue weighted by molar-refractivity contribution is 0.252. The number of nitrogens with two attached hydrogens (primary N) is 1. The van der Waals surface area contributed by atoms with Gasteiger partial charge in [-0.25, -0.2) is 4.79 Å². The van der Waals surface area contributed by atoms with Crippen molar-refractivity contribution in [1.82, 2.24) is 4.90 Å². The van der Waals surface area contributed by atoms with Gasteiger partial charge in [-0.3, -0.25) is 4.90 Å². The summed E-state index contributed by atoms with van der Waals surface area (Å²) in [7, 11) is 2.16. The minimum Gasteiger partial charge on any atom is -0.461 e. The summed E-state index contributed by atoms with van der Waals surface area (Å²) in [6.07, 6.45) is 2.05. The third-order valence-electron chi connectivity index (χ3n) is 5.07. The highest BCUT2D eigenvalue weighted by atomic mass is 16.3. The van der Waals surface area contributed by atoms with E-state index in [9.17, 15) is 4.79 Å². The summed E-state index contributed by atoms with van der Waals surface area (Å²) in [6.45, 7) is 11.3. The Labute approximate surface area is 150 Å². The Morgan fingerprint density at radius 3 is 2.52 bits per heavy atom. The zero-order chi connectivity index (χ0) is 18.7. The molecule has 2 N–H and O–H groups in total. The van der Waals surface area contributed by atoms with Crippen molar-refractivity contribution in [2.45, 2.75) is 59.5 Å². The number of carbonyl (C=O) groups excluding carboxylic acids is 1. The molecule has 2 amide bonds. The van der Waals surface area contributed by atoms with Crippen molar-refractivity contribution in [3.05, 3.63) is 29.5 Å². The summed E-state index contributed by atoms with van der Waals surface area (Å²) >= 11 is 0. The molecule has 0 aliphatic carbocycles. The zero-order valence-corrected chi connectivity index (χ0v) is 16.3. The van der Waals surface area contributed by atoms with Crippen LogP contribution in [0.5, 0.6) is 0 Å². The maximum atomic E-state index is 11.8. The largest absolute Gasteiger partial charge is 0.461 e. The first kappa shape index (κ1) is 19.3. The van der Waals surface area contributed by atoms with Gasteiger partial charge in [0.2, 0.25) is 0 Å². The van der Waals surface area contributed by atoms with Crippen LogP contribution in [-0.4, -0.2) is 36.6 Å². The maximum absolute atomic E-state index is 11.8. The van der Waals surface area contributed by atoms with E-state index in [-0.39, 0.29) is 6.04 Å². The first-order chi connectivity index (χ1) is 11.8. The van der Waals surface area contributed by atoms with E-state index >= 15 is 0 Å². The van der Waals surface area contributed by atoms with E-state index in [0.29, 0.717) is 6.04 Å². The standard InChI is InChI=1S/C20H31N3O2/c1-7-14(4)22(6)11-10-17-15(5)25-19-9-8-16(12-18(17)19)23(13(2)3)20(21)24/h8-9,12-14H,7,10-11H2,1-6H3,(H2,21,24). The number of nitrogens with zero attached hydrogens (tertiary/aromatic N) is 2. The zero-order valence-electron chi connectivity index (χ0n) is 16.3. The Balaban J connectivity index is 2.36. The van der Waals surface area contributed by atoms with E-state index in [1.54, 1.807) is 4.90 Å². The van der Waals surface area contributed by atoms with Crippen LogP contribution in [0.4, 0.5) is 10.5 Å². The second-order valence-electron chi connectivity index (χ2n) is 7.11. The number of fused-ring (bicyclic) bond motifs is 1. The van der Waals surface area contributed by atoms with E-state index in [4.69, 9.17) is 10.2 Å². The minimum atomic E-state index is -0.437. The molecule has 25 heavy (non-hydrogen) atoms. The maximum Gasteiger partial charge on any atom is 0.319 e. The molecule has 5 nitrogen and oxygen atoms in total. The van der Waals surface area contributed by atoms with Crippen molar-refractivity contribution in [3.8, 4) is 0 Å². The number of hydrogen-bond acceptors (Lipinski definition) is 3. The first-order valence-corrected chi connectivity index (χ1v) is 9.07. The van der Waals surface area contributed by atoms with Gasteiger partial charge in [0.1, 0.15) is 11.3 Å². The molecule has 1 atom stereocenters. The summed E-state index contributed by atoms with van der Waals surface area (Å²) in [5.74, 6) is 0.944. The molecule has 0 fully saturated rings. The fraction of sp³-hybridized carbons (Fsp3) is 0.550. The van der Waals surface area contributed by atoms with Crippen molar-refractivity contribution in [3.63, 3.8) is 0 Å². The monoisotopic (exact) mass is 345 g/mol. The predicted octanol–water partition coefficient (Wildman–Crippen LogP) is 4.31. The van der Waals surface area contributed by atoms with E-state index in [2.05, 4.69) is 25.8 Å². The van der Waals surface area contributed by atoms with Crippen LogP contribution in [0.3, 0.4) is 0 Å². The smallest absolute Gasteiger partial charge is 0.319 e. The third kappa shape index (κ3) is 4.15. The van der Waals surface area contributed by atoms with Gasteiger partial charge in [0.15, 0.2) is 0 Å². The van der Waals surface area contributed by atoms with Crippen molar-refractivity contribution in [1.29, 1.82) is 0 Å². The SMILES string of the molecule is CCC(C)N(C)CCc1c(C)oc2ccc(N(C(N)=O)C(C)C)cc12. The van der Waals surface area contributed by atoms with Crippen LogP contribution >= 0.6 is 0 Å². The van der Waals surface area contributed by atoms with Crippen LogP contribution in [0.25, 0.3) is 11.0 Å². The number of furan rings is 1. The number of aryl methyl sites for hydroxylation is 1. The van der Waals surface area contributed by atoms with Gasteiger partial charge in [0, 0.05) is 35.3 Å². The lowest BCUT2D eigenvalue weighted by Crippen LogP contribution is -2.40.